The first-order valence-corrected chi connectivity index (χ1v) is 12.2. The van der Waals surface area contributed by atoms with Crippen LogP contribution < -0.4 is 9.46 Å². The second kappa shape index (κ2) is 10.5. The zero-order valence-electron chi connectivity index (χ0n) is 18.8. The minimum atomic E-state index is -3.46. The van der Waals surface area contributed by atoms with Crippen molar-refractivity contribution in [1.82, 2.24) is 9.80 Å². The van der Waals surface area contributed by atoms with E-state index in [1.54, 1.807) is 31.2 Å². The Kier molecular flexibility index (Phi) is 8.52. The molecule has 8 nitrogen and oxygen atoms in total. The molecule has 0 radical (unpaired) electrons. The summed E-state index contributed by atoms with van der Waals surface area (Å²) in [5, 5.41) is 0. The van der Waals surface area contributed by atoms with E-state index in [4.69, 9.17) is 9.47 Å². The number of amides is 1. The van der Waals surface area contributed by atoms with Gasteiger partial charge in [0, 0.05) is 39.0 Å². The summed E-state index contributed by atoms with van der Waals surface area (Å²) in [5.41, 5.74) is 0.648. The van der Waals surface area contributed by atoms with Gasteiger partial charge < -0.3 is 14.4 Å². The van der Waals surface area contributed by atoms with Crippen molar-refractivity contribution in [2.45, 2.75) is 39.3 Å². The number of anilines is 1. The van der Waals surface area contributed by atoms with Crippen LogP contribution in [0.4, 0.5) is 5.69 Å². The van der Waals surface area contributed by atoms with Crippen molar-refractivity contribution in [2.75, 3.05) is 51.4 Å². The van der Waals surface area contributed by atoms with Crippen molar-refractivity contribution in [1.29, 1.82) is 0 Å². The molecule has 0 bridgehead atoms. The lowest BCUT2D eigenvalue weighted by atomic mass is 10.0. The summed E-state index contributed by atoms with van der Waals surface area (Å²) in [7, 11) is -0.0668. The van der Waals surface area contributed by atoms with Gasteiger partial charge in [0.15, 0.2) is 0 Å². The largest absolute Gasteiger partial charge is 0.491 e. The first-order valence-electron chi connectivity index (χ1n) is 10.3. The zero-order chi connectivity index (χ0) is 22.5. The number of ether oxygens (including phenoxy) is 2. The van der Waals surface area contributed by atoms with Gasteiger partial charge in [-0.05, 0) is 44.0 Å². The molecule has 30 heavy (non-hydrogen) atoms. The van der Waals surface area contributed by atoms with Crippen LogP contribution >= 0.6 is 0 Å². The highest BCUT2D eigenvalue weighted by Gasteiger charge is 2.28. The number of benzene rings is 1. The Balaban J connectivity index is 2.44. The third kappa shape index (κ3) is 6.58. The highest BCUT2D eigenvalue weighted by Crippen LogP contribution is 2.26. The number of methoxy groups -OCH3 is 1. The van der Waals surface area contributed by atoms with Crippen molar-refractivity contribution in [3.8, 4) is 5.75 Å². The number of carbonyl (C=O) groups is 1. The lowest BCUT2D eigenvalue weighted by molar-refractivity contribution is 0.0108. The van der Waals surface area contributed by atoms with Crippen molar-refractivity contribution in [3.05, 3.63) is 23.8 Å². The van der Waals surface area contributed by atoms with E-state index < -0.39 is 10.0 Å². The number of fused-ring (bicyclic) bond motifs is 1. The summed E-state index contributed by atoms with van der Waals surface area (Å²) in [4.78, 5) is 17.2. The van der Waals surface area contributed by atoms with Gasteiger partial charge in [0.1, 0.15) is 12.4 Å². The van der Waals surface area contributed by atoms with Crippen LogP contribution in [0.2, 0.25) is 0 Å². The Hall–Kier alpha value is -1.84. The number of nitrogens with zero attached hydrogens (tertiary/aromatic N) is 2. The van der Waals surface area contributed by atoms with Crippen LogP contribution in [0.25, 0.3) is 0 Å². The lowest BCUT2D eigenvalue weighted by Gasteiger charge is -2.35. The smallest absolute Gasteiger partial charge is 0.257 e. The van der Waals surface area contributed by atoms with Crippen LogP contribution in [-0.2, 0) is 14.8 Å². The van der Waals surface area contributed by atoms with E-state index in [-0.39, 0.29) is 24.0 Å². The van der Waals surface area contributed by atoms with E-state index in [0.29, 0.717) is 30.2 Å². The van der Waals surface area contributed by atoms with E-state index in [1.807, 2.05) is 0 Å². The van der Waals surface area contributed by atoms with Crippen molar-refractivity contribution in [2.24, 2.45) is 5.92 Å². The molecule has 0 saturated heterocycles. The molecule has 170 valence electrons. The summed E-state index contributed by atoms with van der Waals surface area (Å²) in [6, 6.07) is 4.93. The Morgan fingerprint density at radius 1 is 1.27 bits per heavy atom. The molecule has 0 aliphatic carbocycles. The van der Waals surface area contributed by atoms with Crippen molar-refractivity contribution < 1.29 is 22.7 Å². The van der Waals surface area contributed by atoms with Crippen LogP contribution in [0.1, 0.15) is 37.6 Å². The second-order valence-electron chi connectivity index (χ2n) is 8.18. The summed E-state index contributed by atoms with van der Waals surface area (Å²) in [6.07, 6.45) is 1.99. The van der Waals surface area contributed by atoms with Gasteiger partial charge in [-0.2, -0.15) is 0 Å². The van der Waals surface area contributed by atoms with Gasteiger partial charge in [-0.1, -0.05) is 13.8 Å². The quantitative estimate of drug-likeness (QED) is 0.754. The number of hydrogen-bond acceptors (Lipinski definition) is 6. The molecule has 1 amide bonds. The van der Waals surface area contributed by atoms with Crippen LogP contribution in [-0.4, -0.2) is 82.9 Å². The topological polar surface area (TPSA) is 88.2 Å². The number of hydrogen-bond donors (Lipinski definition) is 1. The van der Waals surface area contributed by atoms with Gasteiger partial charge in [-0.3, -0.25) is 14.4 Å². The summed E-state index contributed by atoms with van der Waals surface area (Å²) in [6.45, 7) is 9.05. The minimum Gasteiger partial charge on any atom is -0.491 e. The van der Waals surface area contributed by atoms with E-state index in [1.165, 1.54) is 6.07 Å². The van der Waals surface area contributed by atoms with Gasteiger partial charge in [0.2, 0.25) is 10.0 Å². The van der Waals surface area contributed by atoms with Crippen LogP contribution in [0.15, 0.2) is 18.2 Å². The third-order valence-corrected chi connectivity index (χ3v) is 5.99. The molecule has 0 saturated carbocycles. The molecule has 9 heteroatoms. The molecule has 1 heterocycles. The molecular formula is C21H35N3O5S. The first kappa shape index (κ1) is 24.4. The predicted molar refractivity (Wildman–Crippen MR) is 119 cm³/mol. The number of nitrogens with one attached hydrogen (secondary N) is 1. The van der Waals surface area contributed by atoms with E-state index in [0.717, 1.165) is 25.8 Å². The molecule has 1 aliphatic rings. The number of likely N-dealkylation sites (N-methyl/N-ethyl adjacent to an activating group) is 1. The summed E-state index contributed by atoms with van der Waals surface area (Å²) in [5.74, 6) is 0.420. The van der Waals surface area contributed by atoms with E-state index in [9.17, 15) is 13.2 Å². The van der Waals surface area contributed by atoms with Gasteiger partial charge in [-0.25, -0.2) is 8.42 Å². The molecular weight excluding hydrogens is 406 g/mol. The Bertz CT molecular complexity index is 830. The Morgan fingerprint density at radius 3 is 2.57 bits per heavy atom. The SMILES string of the molecule is CCCN1C[C@H](C)[C@H](OC)CN(C)C(=O)c2cc(NS(C)(=O)=O)ccc2OC[C@H]1C. The highest BCUT2D eigenvalue weighted by atomic mass is 32.2. The Labute approximate surface area is 180 Å². The molecule has 3 atom stereocenters. The van der Waals surface area contributed by atoms with Crippen molar-refractivity contribution in [3.63, 3.8) is 0 Å². The number of sulfonamides is 1. The standard InChI is InChI=1S/C21H35N3O5S/c1-7-10-24-12-15(2)20(28-5)13-23(4)21(25)18-11-17(22-30(6,26)27)8-9-19(18)29-14-16(24)3/h8-9,11,15-16,20,22H,7,10,12-14H2,1-6H3/t15-,16+,20+/m0/s1. The van der Waals surface area contributed by atoms with Gasteiger partial charge >= 0.3 is 0 Å². The maximum atomic E-state index is 13.2. The molecule has 1 aliphatic heterocycles. The number of rotatable bonds is 5. The van der Waals surface area contributed by atoms with Gasteiger partial charge in [0.25, 0.3) is 5.91 Å². The normalized spacial score (nSPS) is 24.4. The second-order valence-corrected chi connectivity index (χ2v) is 9.93. The predicted octanol–water partition coefficient (Wildman–Crippen LogP) is 2.27. The average Bonchev–Trinajstić information content (AvgIpc) is 2.67. The zero-order valence-corrected chi connectivity index (χ0v) is 19.7. The summed E-state index contributed by atoms with van der Waals surface area (Å²) < 4.78 is 37.4. The molecule has 0 fully saturated rings. The molecule has 0 aromatic heterocycles. The molecule has 0 unspecified atom stereocenters. The minimum absolute atomic E-state index is 0.119. The molecule has 0 spiro atoms. The van der Waals surface area contributed by atoms with Gasteiger partial charge in [-0.15, -0.1) is 0 Å². The monoisotopic (exact) mass is 441 g/mol. The molecule has 2 rings (SSSR count). The Morgan fingerprint density at radius 2 is 1.97 bits per heavy atom. The fourth-order valence-electron chi connectivity index (χ4n) is 3.73. The molecule has 1 N–H and O–H groups in total. The van der Waals surface area contributed by atoms with E-state index >= 15 is 0 Å². The number of carbonyl (C=O) groups excluding carboxylic acids is 1. The molecule has 1 aromatic rings. The fourth-order valence-corrected chi connectivity index (χ4v) is 4.28. The van der Waals surface area contributed by atoms with E-state index in [2.05, 4.69) is 30.4 Å². The lowest BCUT2D eigenvalue weighted by Crippen LogP contribution is -2.46. The first-order chi connectivity index (χ1) is 14.1. The maximum absolute atomic E-state index is 13.2. The maximum Gasteiger partial charge on any atom is 0.257 e. The van der Waals surface area contributed by atoms with Gasteiger partial charge in [0.05, 0.1) is 17.9 Å². The fraction of sp³-hybridized carbons (Fsp3) is 0.667. The van der Waals surface area contributed by atoms with Crippen LogP contribution in [0, 0.1) is 5.92 Å². The van der Waals surface area contributed by atoms with Crippen LogP contribution in [0.5, 0.6) is 5.75 Å². The third-order valence-electron chi connectivity index (χ3n) is 5.39. The molecule has 1 aromatic carbocycles. The van der Waals surface area contributed by atoms with Crippen molar-refractivity contribution >= 4 is 21.6 Å². The average molecular weight is 442 g/mol. The van der Waals surface area contributed by atoms with Crippen LogP contribution in [0.3, 0.4) is 0 Å². The highest BCUT2D eigenvalue weighted by molar-refractivity contribution is 7.92. The summed E-state index contributed by atoms with van der Waals surface area (Å²) >= 11 is 0.